The van der Waals surface area contributed by atoms with Gasteiger partial charge in [-0.15, -0.1) is 0 Å². The minimum Gasteiger partial charge on any atom is -0.343 e. The highest BCUT2D eigenvalue weighted by atomic mass is 16.1. The van der Waals surface area contributed by atoms with Crippen molar-refractivity contribution in [2.45, 2.75) is 32.2 Å². The topological polar surface area (TPSA) is 22.0 Å². The SMILES string of the molecule is O=C1CCCc2c1cc(Cc1ccccc1)n2Cc1ccccc1. The first-order valence-electron chi connectivity index (χ1n) is 8.63. The molecule has 0 radical (unpaired) electrons. The standard InChI is InChI=1S/C22H21NO/c24-22-13-7-12-21-20(22)15-19(14-17-8-3-1-4-9-17)23(21)16-18-10-5-2-6-11-18/h1-6,8-11,15H,7,12-14,16H2. The molecule has 3 aromatic rings. The van der Waals surface area contributed by atoms with Crippen molar-refractivity contribution in [3.8, 4) is 0 Å². The second-order valence-corrected chi connectivity index (χ2v) is 6.51. The molecule has 0 aliphatic heterocycles. The van der Waals surface area contributed by atoms with Crippen molar-refractivity contribution in [2.75, 3.05) is 0 Å². The zero-order valence-electron chi connectivity index (χ0n) is 13.7. The second kappa shape index (κ2) is 6.48. The third-order valence-corrected chi connectivity index (χ3v) is 4.82. The van der Waals surface area contributed by atoms with Crippen molar-refractivity contribution < 1.29 is 4.79 Å². The molecule has 1 heterocycles. The Kier molecular flexibility index (Phi) is 4.04. The summed E-state index contributed by atoms with van der Waals surface area (Å²) in [5, 5.41) is 0. The maximum atomic E-state index is 12.3. The first kappa shape index (κ1) is 14.9. The fourth-order valence-corrected chi connectivity index (χ4v) is 3.62. The van der Waals surface area contributed by atoms with E-state index in [4.69, 9.17) is 0 Å². The van der Waals surface area contributed by atoms with Crippen molar-refractivity contribution in [3.05, 3.63) is 94.8 Å². The summed E-state index contributed by atoms with van der Waals surface area (Å²) in [4.78, 5) is 12.3. The number of Topliss-reactive ketones (excluding diaryl/α,β-unsaturated/α-hetero) is 1. The van der Waals surface area contributed by atoms with Crippen LogP contribution in [0, 0.1) is 0 Å². The number of benzene rings is 2. The second-order valence-electron chi connectivity index (χ2n) is 6.51. The fraction of sp³-hybridized carbons (Fsp3) is 0.227. The molecule has 0 amide bonds. The lowest BCUT2D eigenvalue weighted by atomic mass is 9.96. The van der Waals surface area contributed by atoms with Crippen molar-refractivity contribution in [2.24, 2.45) is 0 Å². The molecule has 0 saturated heterocycles. The van der Waals surface area contributed by atoms with E-state index in [-0.39, 0.29) is 0 Å². The molecular formula is C22H21NO. The van der Waals surface area contributed by atoms with Gasteiger partial charge in [0.15, 0.2) is 5.78 Å². The molecule has 1 aliphatic rings. The van der Waals surface area contributed by atoms with Crippen LogP contribution in [0.2, 0.25) is 0 Å². The molecule has 0 spiro atoms. The minimum atomic E-state index is 0.303. The summed E-state index contributed by atoms with van der Waals surface area (Å²) in [7, 11) is 0. The predicted octanol–water partition coefficient (Wildman–Crippen LogP) is 4.65. The number of rotatable bonds is 4. The van der Waals surface area contributed by atoms with Crippen LogP contribution in [-0.4, -0.2) is 10.4 Å². The van der Waals surface area contributed by atoms with Gasteiger partial charge in [0.05, 0.1) is 0 Å². The van der Waals surface area contributed by atoms with Crippen LogP contribution in [0.5, 0.6) is 0 Å². The zero-order valence-corrected chi connectivity index (χ0v) is 13.7. The Bertz CT molecular complexity index is 846. The lowest BCUT2D eigenvalue weighted by Gasteiger charge is -2.17. The first-order valence-corrected chi connectivity index (χ1v) is 8.63. The van der Waals surface area contributed by atoms with E-state index < -0.39 is 0 Å². The normalized spacial score (nSPS) is 13.8. The number of hydrogen-bond donors (Lipinski definition) is 0. The highest BCUT2D eigenvalue weighted by Crippen LogP contribution is 2.27. The number of ketones is 1. The van der Waals surface area contributed by atoms with Crippen LogP contribution in [0.25, 0.3) is 0 Å². The molecule has 4 rings (SSSR count). The van der Waals surface area contributed by atoms with Gasteiger partial charge in [-0.1, -0.05) is 60.7 Å². The third-order valence-electron chi connectivity index (χ3n) is 4.82. The van der Waals surface area contributed by atoms with Crippen LogP contribution in [0.4, 0.5) is 0 Å². The van der Waals surface area contributed by atoms with Crippen LogP contribution in [0.3, 0.4) is 0 Å². The summed E-state index contributed by atoms with van der Waals surface area (Å²) in [5.74, 6) is 0.303. The molecule has 1 aliphatic carbocycles. The van der Waals surface area contributed by atoms with E-state index in [0.717, 1.165) is 31.4 Å². The van der Waals surface area contributed by atoms with Gasteiger partial charge in [0, 0.05) is 36.3 Å². The average molecular weight is 315 g/mol. The van der Waals surface area contributed by atoms with E-state index in [1.165, 1.54) is 22.5 Å². The van der Waals surface area contributed by atoms with Gasteiger partial charge in [-0.25, -0.2) is 0 Å². The molecule has 0 fully saturated rings. The van der Waals surface area contributed by atoms with E-state index in [1.54, 1.807) is 0 Å². The third kappa shape index (κ3) is 2.92. The molecule has 0 atom stereocenters. The number of fused-ring (bicyclic) bond motifs is 1. The van der Waals surface area contributed by atoms with E-state index in [0.29, 0.717) is 12.2 Å². The molecule has 24 heavy (non-hydrogen) atoms. The van der Waals surface area contributed by atoms with Crippen LogP contribution in [0.1, 0.15) is 45.7 Å². The Morgan fingerprint density at radius 3 is 2.21 bits per heavy atom. The molecule has 120 valence electrons. The summed E-state index contributed by atoms with van der Waals surface area (Å²) in [6.45, 7) is 0.839. The largest absolute Gasteiger partial charge is 0.343 e. The number of aromatic nitrogens is 1. The first-order chi connectivity index (χ1) is 11.8. The molecule has 1 aromatic heterocycles. The summed E-state index contributed by atoms with van der Waals surface area (Å²) in [5.41, 5.74) is 5.98. The van der Waals surface area contributed by atoms with E-state index in [9.17, 15) is 4.79 Å². The predicted molar refractivity (Wildman–Crippen MR) is 96.5 cm³/mol. The summed E-state index contributed by atoms with van der Waals surface area (Å²) in [6, 6.07) is 23.1. The van der Waals surface area contributed by atoms with Gasteiger partial charge in [-0.2, -0.15) is 0 Å². The maximum Gasteiger partial charge on any atom is 0.164 e. The highest BCUT2D eigenvalue weighted by molar-refractivity contribution is 5.98. The van der Waals surface area contributed by atoms with Gasteiger partial charge >= 0.3 is 0 Å². The van der Waals surface area contributed by atoms with Crippen molar-refractivity contribution in [3.63, 3.8) is 0 Å². The van der Waals surface area contributed by atoms with Gasteiger partial charge in [0.1, 0.15) is 0 Å². The lowest BCUT2D eigenvalue weighted by molar-refractivity contribution is 0.0972. The number of hydrogen-bond acceptors (Lipinski definition) is 1. The van der Waals surface area contributed by atoms with Gasteiger partial charge in [0.25, 0.3) is 0 Å². The number of nitrogens with zero attached hydrogens (tertiary/aromatic N) is 1. The van der Waals surface area contributed by atoms with Crippen molar-refractivity contribution in [1.29, 1.82) is 0 Å². The van der Waals surface area contributed by atoms with Crippen LogP contribution in [-0.2, 0) is 19.4 Å². The Labute approximate surface area is 142 Å². The summed E-state index contributed by atoms with van der Waals surface area (Å²) < 4.78 is 2.37. The molecule has 2 nitrogen and oxygen atoms in total. The van der Waals surface area contributed by atoms with Crippen molar-refractivity contribution in [1.82, 2.24) is 4.57 Å². The van der Waals surface area contributed by atoms with E-state index >= 15 is 0 Å². The smallest absolute Gasteiger partial charge is 0.164 e. The quantitative estimate of drug-likeness (QED) is 0.687. The Balaban J connectivity index is 1.75. The highest BCUT2D eigenvalue weighted by Gasteiger charge is 2.23. The fourth-order valence-electron chi connectivity index (χ4n) is 3.62. The molecular weight excluding hydrogens is 294 g/mol. The monoisotopic (exact) mass is 315 g/mol. The summed E-state index contributed by atoms with van der Waals surface area (Å²) >= 11 is 0. The Hall–Kier alpha value is -2.61. The van der Waals surface area contributed by atoms with Crippen molar-refractivity contribution >= 4 is 5.78 Å². The van der Waals surface area contributed by atoms with Crippen LogP contribution >= 0.6 is 0 Å². The summed E-state index contributed by atoms with van der Waals surface area (Å²) in [6.07, 6.45) is 3.53. The number of carbonyl (C=O) groups is 1. The average Bonchev–Trinajstić information content (AvgIpc) is 2.96. The minimum absolute atomic E-state index is 0.303. The Morgan fingerprint density at radius 1 is 0.833 bits per heavy atom. The van der Waals surface area contributed by atoms with E-state index in [1.807, 2.05) is 12.1 Å². The molecule has 2 aromatic carbocycles. The molecule has 0 unspecified atom stereocenters. The maximum absolute atomic E-state index is 12.3. The van der Waals surface area contributed by atoms with Gasteiger partial charge in [-0.3, -0.25) is 4.79 Å². The van der Waals surface area contributed by atoms with Gasteiger partial charge in [-0.05, 0) is 30.0 Å². The van der Waals surface area contributed by atoms with Crippen LogP contribution < -0.4 is 0 Å². The van der Waals surface area contributed by atoms with Gasteiger partial charge in [0.2, 0.25) is 0 Å². The number of carbonyl (C=O) groups excluding carboxylic acids is 1. The molecule has 0 bridgehead atoms. The molecule has 0 N–H and O–H groups in total. The van der Waals surface area contributed by atoms with Crippen LogP contribution in [0.15, 0.2) is 66.7 Å². The van der Waals surface area contributed by atoms with E-state index in [2.05, 4.69) is 59.2 Å². The molecule has 0 saturated carbocycles. The zero-order chi connectivity index (χ0) is 16.4. The Morgan fingerprint density at radius 2 is 1.50 bits per heavy atom. The van der Waals surface area contributed by atoms with Gasteiger partial charge < -0.3 is 4.57 Å². The molecule has 2 heteroatoms. The lowest BCUT2D eigenvalue weighted by Crippen LogP contribution is -2.14.